The molecule has 0 aliphatic carbocycles. The van der Waals surface area contributed by atoms with Crippen LogP contribution in [0.5, 0.6) is 0 Å². The van der Waals surface area contributed by atoms with Crippen molar-refractivity contribution in [3.63, 3.8) is 0 Å². The molecule has 1 amide bonds. The zero-order valence-electron chi connectivity index (χ0n) is 12.9. The van der Waals surface area contributed by atoms with Gasteiger partial charge in [-0.25, -0.2) is 0 Å². The first-order valence-electron chi connectivity index (χ1n) is 7.48. The van der Waals surface area contributed by atoms with Crippen LogP contribution in [0.2, 0.25) is 0 Å². The predicted molar refractivity (Wildman–Crippen MR) is 87.6 cm³/mol. The van der Waals surface area contributed by atoms with E-state index in [4.69, 9.17) is 5.11 Å². The lowest BCUT2D eigenvalue weighted by Gasteiger charge is -2.18. The minimum absolute atomic E-state index is 0.0132. The molecule has 23 heavy (non-hydrogen) atoms. The lowest BCUT2D eigenvalue weighted by atomic mass is 10.0. The van der Waals surface area contributed by atoms with Gasteiger partial charge in [0.25, 0.3) is 5.91 Å². The first-order chi connectivity index (χ1) is 11.1. The van der Waals surface area contributed by atoms with Crippen LogP contribution in [0.4, 0.5) is 0 Å². The van der Waals surface area contributed by atoms with Gasteiger partial charge in [-0.05, 0) is 36.4 Å². The van der Waals surface area contributed by atoms with Crippen LogP contribution in [0.3, 0.4) is 0 Å². The number of aromatic nitrogens is 2. The van der Waals surface area contributed by atoms with Crippen LogP contribution in [-0.2, 0) is 17.6 Å². The van der Waals surface area contributed by atoms with E-state index in [2.05, 4.69) is 14.9 Å². The summed E-state index contributed by atoms with van der Waals surface area (Å²) in [5, 5.41) is 15.8. The highest BCUT2D eigenvalue weighted by molar-refractivity contribution is 7.08. The summed E-state index contributed by atoms with van der Waals surface area (Å²) < 4.78 is 3.82. The van der Waals surface area contributed by atoms with Gasteiger partial charge in [0.05, 0.1) is 5.69 Å². The van der Waals surface area contributed by atoms with Crippen molar-refractivity contribution in [2.45, 2.75) is 38.6 Å². The van der Waals surface area contributed by atoms with E-state index in [9.17, 15) is 9.59 Å². The van der Waals surface area contributed by atoms with Crippen LogP contribution in [0.1, 0.15) is 40.7 Å². The molecule has 7 heteroatoms. The van der Waals surface area contributed by atoms with E-state index in [1.807, 2.05) is 37.3 Å². The van der Waals surface area contributed by atoms with Crippen LogP contribution in [0.15, 0.2) is 30.3 Å². The number of carboxylic acids is 1. The van der Waals surface area contributed by atoms with Gasteiger partial charge in [-0.15, -0.1) is 5.10 Å². The van der Waals surface area contributed by atoms with Crippen molar-refractivity contribution in [2.75, 3.05) is 0 Å². The molecule has 122 valence electrons. The lowest BCUT2D eigenvalue weighted by Crippen LogP contribution is -2.37. The van der Waals surface area contributed by atoms with Gasteiger partial charge in [0.1, 0.15) is 4.88 Å². The second kappa shape index (κ2) is 8.38. The lowest BCUT2D eigenvalue weighted by molar-refractivity contribution is -0.137. The Morgan fingerprint density at radius 2 is 2.04 bits per heavy atom. The van der Waals surface area contributed by atoms with Crippen molar-refractivity contribution in [2.24, 2.45) is 0 Å². The number of nitrogens with zero attached hydrogens (tertiary/aromatic N) is 2. The Morgan fingerprint density at radius 1 is 1.30 bits per heavy atom. The average Bonchev–Trinajstić information content (AvgIpc) is 3.02. The zero-order chi connectivity index (χ0) is 16.7. The molecule has 0 saturated heterocycles. The van der Waals surface area contributed by atoms with E-state index in [0.29, 0.717) is 29.8 Å². The van der Waals surface area contributed by atoms with Gasteiger partial charge >= 0.3 is 5.97 Å². The van der Waals surface area contributed by atoms with Crippen molar-refractivity contribution in [3.05, 3.63) is 46.5 Å². The first-order valence-corrected chi connectivity index (χ1v) is 8.25. The molecule has 0 spiro atoms. The maximum absolute atomic E-state index is 12.4. The topological polar surface area (TPSA) is 92.2 Å². The van der Waals surface area contributed by atoms with Crippen LogP contribution in [0, 0.1) is 0 Å². The number of carbonyl (C=O) groups is 2. The third-order valence-corrected chi connectivity index (χ3v) is 4.23. The van der Waals surface area contributed by atoms with Gasteiger partial charge < -0.3 is 10.4 Å². The highest BCUT2D eigenvalue weighted by atomic mass is 32.1. The fourth-order valence-corrected chi connectivity index (χ4v) is 2.94. The number of amides is 1. The molecular weight excluding hydrogens is 314 g/mol. The summed E-state index contributed by atoms with van der Waals surface area (Å²) in [7, 11) is 0. The number of nitrogens with one attached hydrogen (secondary N) is 1. The van der Waals surface area contributed by atoms with Crippen molar-refractivity contribution < 1.29 is 14.7 Å². The Morgan fingerprint density at radius 3 is 2.70 bits per heavy atom. The Bertz CT molecular complexity index is 658. The molecule has 0 bridgehead atoms. The minimum atomic E-state index is -0.869. The average molecular weight is 333 g/mol. The van der Waals surface area contributed by atoms with Crippen molar-refractivity contribution in [1.82, 2.24) is 14.9 Å². The van der Waals surface area contributed by atoms with Crippen LogP contribution >= 0.6 is 11.5 Å². The van der Waals surface area contributed by atoms with Crippen molar-refractivity contribution >= 4 is 23.4 Å². The second-order valence-electron chi connectivity index (χ2n) is 5.19. The second-order valence-corrected chi connectivity index (χ2v) is 5.95. The molecule has 0 fully saturated rings. The number of aryl methyl sites for hydroxylation is 1. The largest absolute Gasteiger partial charge is 0.481 e. The number of hydrogen-bond acceptors (Lipinski definition) is 5. The summed E-state index contributed by atoms with van der Waals surface area (Å²) in [6.45, 7) is 1.92. The standard InChI is InChI=1S/C16H19N3O3S/c1-2-13-15(23-19-18-13)16(22)17-12(8-9-14(20)21)10-11-6-4-3-5-7-11/h3-7,12H,2,8-10H2,1H3,(H,17,22)(H,20,21). The highest BCUT2D eigenvalue weighted by Gasteiger charge is 2.20. The zero-order valence-corrected chi connectivity index (χ0v) is 13.7. The number of carbonyl (C=O) groups excluding carboxylic acids is 1. The van der Waals surface area contributed by atoms with Crippen LogP contribution in [-0.4, -0.2) is 32.6 Å². The molecule has 1 unspecified atom stereocenters. The van der Waals surface area contributed by atoms with Crippen molar-refractivity contribution in [3.8, 4) is 0 Å². The molecule has 0 radical (unpaired) electrons. The number of carboxylic acid groups (broad SMARTS) is 1. The molecule has 2 aromatic rings. The van der Waals surface area contributed by atoms with Crippen LogP contribution in [0.25, 0.3) is 0 Å². The smallest absolute Gasteiger partial charge is 0.303 e. The Hall–Kier alpha value is -2.28. The number of rotatable bonds is 8. The summed E-state index contributed by atoms with van der Waals surface area (Å²) in [6.07, 6.45) is 1.62. The van der Waals surface area contributed by atoms with E-state index in [1.165, 1.54) is 0 Å². The van der Waals surface area contributed by atoms with Crippen molar-refractivity contribution in [1.29, 1.82) is 0 Å². The van der Waals surface area contributed by atoms with Crippen LogP contribution < -0.4 is 5.32 Å². The molecule has 0 aliphatic rings. The molecule has 2 rings (SSSR count). The molecule has 1 heterocycles. The third kappa shape index (κ3) is 5.14. The first kappa shape index (κ1) is 17.1. The fraction of sp³-hybridized carbons (Fsp3) is 0.375. The molecule has 1 atom stereocenters. The maximum atomic E-state index is 12.4. The van der Waals surface area contributed by atoms with E-state index >= 15 is 0 Å². The van der Waals surface area contributed by atoms with Gasteiger partial charge in [-0.3, -0.25) is 9.59 Å². The van der Waals surface area contributed by atoms with Gasteiger partial charge in [-0.1, -0.05) is 41.7 Å². The quantitative estimate of drug-likeness (QED) is 0.773. The van der Waals surface area contributed by atoms with E-state index < -0.39 is 5.97 Å². The molecule has 0 aliphatic heterocycles. The molecule has 1 aromatic carbocycles. The van der Waals surface area contributed by atoms with E-state index in [-0.39, 0.29) is 18.4 Å². The Labute approximate surface area is 138 Å². The van der Waals surface area contributed by atoms with Gasteiger partial charge in [0.2, 0.25) is 0 Å². The number of aliphatic carboxylic acids is 1. The highest BCUT2D eigenvalue weighted by Crippen LogP contribution is 2.13. The Balaban J connectivity index is 2.07. The number of hydrogen-bond donors (Lipinski definition) is 2. The molecular formula is C16H19N3O3S. The van der Waals surface area contributed by atoms with E-state index in [1.54, 1.807) is 0 Å². The normalized spacial score (nSPS) is 11.9. The summed E-state index contributed by atoms with van der Waals surface area (Å²) in [5.41, 5.74) is 1.73. The third-order valence-electron chi connectivity index (χ3n) is 3.46. The molecule has 0 saturated carbocycles. The molecule has 1 aromatic heterocycles. The maximum Gasteiger partial charge on any atom is 0.303 e. The minimum Gasteiger partial charge on any atom is -0.481 e. The summed E-state index contributed by atoms with van der Waals surface area (Å²) in [6, 6.07) is 9.46. The van der Waals surface area contributed by atoms with Gasteiger partial charge in [0.15, 0.2) is 0 Å². The number of benzene rings is 1. The summed E-state index contributed by atoms with van der Waals surface area (Å²) in [5.74, 6) is -1.10. The summed E-state index contributed by atoms with van der Waals surface area (Å²) in [4.78, 5) is 23.7. The molecule has 2 N–H and O–H groups in total. The monoisotopic (exact) mass is 333 g/mol. The fourth-order valence-electron chi connectivity index (χ4n) is 2.28. The predicted octanol–water partition coefficient (Wildman–Crippen LogP) is 2.31. The van der Waals surface area contributed by atoms with Gasteiger partial charge in [0, 0.05) is 12.5 Å². The SMILES string of the molecule is CCc1nnsc1C(=O)NC(CCC(=O)O)Cc1ccccc1. The molecule has 6 nitrogen and oxygen atoms in total. The van der Waals surface area contributed by atoms with E-state index in [0.717, 1.165) is 17.1 Å². The summed E-state index contributed by atoms with van der Waals surface area (Å²) >= 11 is 1.07. The van der Waals surface area contributed by atoms with Gasteiger partial charge in [-0.2, -0.15) is 0 Å². The Kier molecular flexibility index (Phi) is 6.22.